The van der Waals surface area contributed by atoms with Gasteiger partial charge in [0.25, 0.3) is 0 Å². The fourth-order valence-electron chi connectivity index (χ4n) is 3.01. The molecular formula is C18H20N4O2. The van der Waals surface area contributed by atoms with Gasteiger partial charge in [0, 0.05) is 18.5 Å². The number of nitrogens with zero attached hydrogens (tertiary/aromatic N) is 4. The van der Waals surface area contributed by atoms with E-state index in [2.05, 4.69) is 20.8 Å². The lowest BCUT2D eigenvalue weighted by Crippen LogP contribution is -2.05. The number of benzene rings is 1. The quantitative estimate of drug-likeness (QED) is 0.808. The van der Waals surface area contributed by atoms with Gasteiger partial charge in [-0.3, -0.25) is 0 Å². The lowest BCUT2D eigenvalue weighted by atomic mass is 10.1. The van der Waals surface area contributed by atoms with E-state index in [9.17, 15) is 5.26 Å². The number of hydrogen-bond acceptors (Lipinski definition) is 5. The first kappa shape index (κ1) is 16.1. The number of fused-ring (bicyclic) bond motifs is 1. The topological polar surface area (TPSA) is 73.0 Å². The summed E-state index contributed by atoms with van der Waals surface area (Å²) in [4.78, 5) is 0. The maximum Gasteiger partial charge on any atom is 0.174 e. The summed E-state index contributed by atoms with van der Waals surface area (Å²) < 4.78 is 12.8. The summed E-state index contributed by atoms with van der Waals surface area (Å²) in [5.74, 6) is 2.81. The molecule has 0 saturated heterocycles. The van der Waals surface area contributed by atoms with Crippen molar-refractivity contribution in [1.82, 2.24) is 14.8 Å². The van der Waals surface area contributed by atoms with Crippen molar-refractivity contribution in [1.29, 1.82) is 5.26 Å². The molecule has 0 N–H and O–H groups in total. The molecule has 3 rings (SSSR count). The Morgan fingerprint density at radius 2 is 2.08 bits per heavy atom. The zero-order valence-electron chi connectivity index (χ0n) is 14.0. The zero-order chi connectivity index (χ0) is 16.9. The van der Waals surface area contributed by atoms with Crippen LogP contribution in [0.15, 0.2) is 18.2 Å². The molecule has 0 atom stereocenters. The Kier molecular flexibility index (Phi) is 4.80. The molecule has 0 aliphatic carbocycles. The third-order valence-electron chi connectivity index (χ3n) is 4.20. The molecule has 2 heterocycles. The van der Waals surface area contributed by atoms with Crippen LogP contribution in [0.4, 0.5) is 0 Å². The predicted molar refractivity (Wildman–Crippen MR) is 90.6 cm³/mol. The lowest BCUT2D eigenvalue weighted by Gasteiger charge is -2.11. The van der Waals surface area contributed by atoms with Crippen LogP contribution in [-0.2, 0) is 13.0 Å². The summed E-state index contributed by atoms with van der Waals surface area (Å²) in [5, 5.41) is 18.2. The van der Waals surface area contributed by atoms with Crippen molar-refractivity contribution in [2.24, 2.45) is 0 Å². The third kappa shape index (κ3) is 2.98. The number of ether oxygens (including phenoxy) is 2. The van der Waals surface area contributed by atoms with Gasteiger partial charge < -0.3 is 14.0 Å². The first-order valence-corrected chi connectivity index (χ1v) is 8.03. The van der Waals surface area contributed by atoms with E-state index >= 15 is 0 Å². The van der Waals surface area contributed by atoms with Crippen molar-refractivity contribution in [2.45, 2.75) is 32.2 Å². The van der Waals surface area contributed by atoms with E-state index in [1.807, 2.05) is 18.2 Å². The molecule has 24 heavy (non-hydrogen) atoms. The third-order valence-corrected chi connectivity index (χ3v) is 4.20. The highest BCUT2D eigenvalue weighted by atomic mass is 16.5. The summed E-state index contributed by atoms with van der Waals surface area (Å²) in [6.07, 6.45) is 6.07. The minimum Gasteiger partial charge on any atom is -0.493 e. The normalized spacial score (nSPS) is 14.5. The molecule has 0 radical (unpaired) electrons. The van der Waals surface area contributed by atoms with Crippen LogP contribution in [-0.4, -0.2) is 29.0 Å². The van der Waals surface area contributed by atoms with E-state index in [0.29, 0.717) is 22.9 Å². The SMILES string of the molecule is COc1cccc(/C=C(\C#N)c2nnc3n2CCCCC3)c1OC. The molecule has 6 nitrogen and oxygen atoms in total. The van der Waals surface area contributed by atoms with Gasteiger partial charge in [-0.05, 0) is 25.0 Å². The molecule has 2 aromatic rings. The first-order valence-electron chi connectivity index (χ1n) is 8.03. The molecule has 6 heteroatoms. The van der Waals surface area contributed by atoms with Gasteiger partial charge in [-0.1, -0.05) is 18.6 Å². The molecular weight excluding hydrogens is 304 g/mol. The number of nitriles is 1. The summed E-state index contributed by atoms with van der Waals surface area (Å²) in [7, 11) is 3.18. The Morgan fingerprint density at radius 3 is 2.83 bits per heavy atom. The number of aryl methyl sites for hydroxylation is 1. The van der Waals surface area contributed by atoms with Crippen molar-refractivity contribution in [2.75, 3.05) is 14.2 Å². The standard InChI is InChI=1S/C18H20N4O2/c1-23-15-8-6-7-13(17(15)24-2)11-14(12-19)18-21-20-16-9-4-3-5-10-22(16)18/h6-8,11H,3-5,9-10H2,1-2H3/b14-11+. The highest BCUT2D eigenvalue weighted by Gasteiger charge is 2.18. The minimum atomic E-state index is 0.474. The molecule has 0 amide bonds. The number of methoxy groups -OCH3 is 2. The monoisotopic (exact) mass is 324 g/mol. The Bertz CT molecular complexity index is 802. The maximum absolute atomic E-state index is 9.65. The van der Waals surface area contributed by atoms with Gasteiger partial charge in [0.1, 0.15) is 11.9 Å². The molecule has 124 valence electrons. The van der Waals surface area contributed by atoms with Crippen LogP contribution in [0.3, 0.4) is 0 Å². The maximum atomic E-state index is 9.65. The van der Waals surface area contributed by atoms with Gasteiger partial charge in [0.15, 0.2) is 17.3 Å². The van der Waals surface area contributed by atoms with Crippen molar-refractivity contribution >= 4 is 11.6 Å². The van der Waals surface area contributed by atoms with E-state index in [0.717, 1.165) is 37.2 Å². The van der Waals surface area contributed by atoms with Crippen molar-refractivity contribution < 1.29 is 9.47 Å². The summed E-state index contributed by atoms with van der Waals surface area (Å²) in [5.41, 5.74) is 1.25. The molecule has 0 fully saturated rings. The average Bonchev–Trinajstić information content (AvgIpc) is 2.87. The van der Waals surface area contributed by atoms with Crippen molar-refractivity contribution in [3.63, 3.8) is 0 Å². The van der Waals surface area contributed by atoms with Crippen LogP contribution in [0.1, 0.15) is 36.5 Å². The average molecular weight is 324 g/mol. The fourth-order valence-corrected chi connectivity index (χ4v) is 3.01. The van der Waals surface area contributed by atoms with Gasteiger partial charge in [-0.15, -0.1) is 10.2 Å². The molecule has 1 aliphatic heterocycles. The second kappa shape index (κ2) is 7.18. The van der Waals surface area contributed by atoms with Gasteiger partial charge in [0.2, 0.25) is 0 Å². The Hall–Kier alpha value is -2.81. The zero-order valence-corrected chi connectivity index (χ0v) is 14.0. The fraction of sp³-hybridized carbons (Fsp3) is 0.389. The summed E-state index contributed by atoms with van der Waals surface area (Å²) in [6.45, 7) is 0.853. The molecule has 1 aromatic carbocycles. The van der Waals surface area contributed by atoms with E-state index in [-0.39, 0.29) is 0 Å². The number of aromatic nitrogens is 3. The predicted octanol–water partition coefficient (Wildman–Crippen LogP) is 3.09. The Labute approximate surface area is 141 Å². The highest BCUT2D eigenvalue weighted by molar-refractivity contribution is 5.89. The number of hydrogen-bond donors (Lipinski definition) is 0. The Morgan fingerprint density at radius 1 is 1.21 bits per heavy atom. The number of rotatable bonds is 4. The van der Waals surface area contributed by atoms with Crippen molar-refractivity contribution in [3.05, 3.63) is 35.4 Å². The van der Waals surface area contributed by atoms with Gasteiger partial charge in [-0.2, -0.15) is 5.26 Å². The summed E-state index contributed by atoms with van der Waals surface area (Å²) in [6, 6.07) is 7.83. The smallest absolute Gasteiger partial charge is 0.174 e. The first-order chi connectivity index (χ1) is 11.8. The molecule has 1 aliphatic rings. The lowest BCUT2D eigenvalue weighted by molar-refractivity contribution is 0.354. The second-order valence-electron chi connectivity index (χ2n) is 5.65. The van der Waals surface area contributed by atoms with E-state index < -0.39 is 0 Å². The summed E-state index contributed by atoms with van der Waals surface area (Å²) >= 11 is 0. The Balaban J connectivity index is 2.06. The van der Waals surface area contributed by atoms with Crippen LogP contribution >= 0.6 is 0 Å². The number of allylic oxidation sites excluding steroid dienone is 1. The molecule has 0 spiro atoms. The van der Waals surface area contributed by atoms with Crippen LogP contribution in [0.2, 0.25) is 0 Å². The van der Waals surface area contributed by atoms with E-state index in [1.54, 1.807) is 20.3 Å². The highest BCUT2D eigenvalue weighted by Crippen LogP contribution is 2.33. The van der Waals surface area contributed by atoms with Crippen molar-refractivity contribution in [3.8, 4) is 17.6 Å². The van der Waals surface area contributed by atoms with Crippen LogP contribution in [0.5, 0.6) is 11.5 Å². The van der Waals surface area contributed by atoms with Gasteiger partial charge in [-0.25, -0.2) is 0 Å². The molecule has 1 aromatic heterocycles. The van der Waals surface area contributed by atoms with Crippen LogP contribution < -0.4 is 9.47 Å². The molecule has 0 bridgehead atoms. The van der Waals surface area contributed by atoms with Gasteiger partial charge in [0.05, 0.1) is 19.8 Å². The van der Waals surface area contributed by atoms with Crippen LogP contribution in [0, 0.1) is 11.3 Å². The largest absolute Gasteiger partial charge is 0.493 e. The van der Waals surface area contributed by atoms with E-state index in [4.69, 9.17) is 9.47 Å². The molecule has 0 unspecified atom stereocenters. The van der Waals surface area contributed by atoms with E-state index in [1.165, 1.54) is 6.42 Å². The minimum absolute atomic E-state index is 0.474. The van der Waals surface area contributed by atoms with Crippen LogP contribution in [0.25, 0.3) is 11.6 Å². The van der Waals surface area contributed by atoms with Gasteiger partial charge >= 0.3 is 0 Å². The molecule has 0 saturated carbocycles. The number of para-hydroxylation sites is 1. The second-order valence-corrected chi connectivity index (χ2v) is 5.65.